The molecule has 0 aliphatic rings. The van der Waals surface area contributed by atoms with Crippen LogP contribution in [0.3, 0.4) is 0 Å². The fraction of sp³-hybridized carbons (Fsp3) is 0.881. The monoisotopic (exact) mass is 915 g/mol. The zero-order valence-electron chi connectivity index (χ0n) is 43.8. The van der Waals surface area contributed by atoms with Crippen LogP contribution in [0.1, 0.15) is 316 Å². The molecule has 65 heavy (non-hydrogen) atoms. The van der Waals surface area contributed by atoms with Gasteiger partial charge in [0.15, 0.2) is 6.10 Å². The fourth-order valence-corrected chi connectivity index (χ4v) is 8.55. The van der Waals surface area contributed by atoms with Gasteiger partial charge < -0.3 is 14.2 Å². The first-order chi connectivity index (χ1) is 32.0. The van der Waals surface area contributed by atoms with Crippen molar-refractivity contribution in [2.45, 2.75) is 322 Å². The summed E-state index contributed by atoms with van der Waals surface area (Å²) in [7, 11) is 0. The van der Waals surface area contributed by atoms with Crippen LogP contribution < -0.4 is 0 Å². The summed E-state index contributed by atoms with van der Waals surface area (Å²) in [5.41, 5.74) is 0. The van der Waals surface area contributed by atoms with Gasteiger partial charge in [0.25, 0.3) is 0 Å². The number of esters is 3. The molecule has 0 aliphatic carbocycles. The lowest BCUT2D eigenvalue weighted by Gasteiger charge is -2.18. The quantitative estimate of drug-likeness (QED) is 0.0262. The maximum Gasteiger partial charge on any atom is 0.306 e. The number of allylic oxidation sites excluding steroid dienone is 4. The highest BCUT2D eigenvalue weighted by molar-refractivity contribution is 5.71. The standard InChI is InChI=1S/C59H110O6/c1-4-7-10-13-16-19-22-25-27-28-29-30-32-35-37-40-43-46-49-52-58(61)64-55-56(65-59(62)53-50-47-44-41-38-33-24-21-18-15-12-9-6-3)54-63-57(60)51-48-45-42-39-36-34-31-26-23-20-17-14-11-8-5-2/h20-21,23-24,56H,4-19,22,25-55H2,1-3H3/b23-20-,24-21-/t56-/m1/s1. The van der Waals surface area contributed by atoms with Crippen molar-refractivity contribution in [1.29, 1.82) is 0 Å². The minimum Gasteiger partial charge on any atom is -0.462 e. The number of unbranched alkanes of at least 4 members (excludes halogenated alkanes) is 38. The van der Waals surface area contributed by atoms with Crippen LogP contribution in [0, 0.1) is 0 Å². The molecule has 6 heteroatoms. The largest absolute Gasteiger partial charge is 0.462 e. The van der Waals surface area contributed by atoms with Gasteiger partial charge >= 0.3 is 17.9 Å². The lowest BCUT2D eigenvalue weighted by atomic mass is 10.0. The third-order valence-corrected chi connectivity index (χ3v) is 12.9. The topological polar surface area (TPSA) is 78.9 Å². The molecule has 0 amide bonds. The Morgan fingerprint density at radius 2 is 0.508 bits per heavy atom. The molecule has 0 bridgehead atoms. The van der Waals surface area contributed by atoms with Crippen molar-refractivity contribution >= 4 is 17.9 Å². The third-order valence-electron chi connectivity index (χ3n) is 12.9. The SMILES string of the molecule is CCCCCC/C=C\CCCCCCCCCC(=O)OC[C@H](COC(=O)CCCCCCCCCCCCCCCCCCCCC)OC(=O)CCCCCCC/C=C\CCCCCC. The molecule has 0 rings (SSSR count). The first-order valence-corrected chi connectivity index (χ1v) is 28.8. The van der Waals surface area contributed by atoms with Gasteiger partial charge in [0.05, 0.1) is 0 Å². The van der Waals surface area contributed by atoms with Crippen LogP contribution in [-0.4, -0.2) is 37.2 Å². The highest BCUT2D eigenvalue weighted by Crippen LogP contribution is 2.17. The molecule has 0 N–H and O–H groups in total. The number of rotatable bonds is 53. The molecule has 0 saturated carbocycles. The summed E-state index contributed by atoms with van der Waals surface area (Å²) in [5, 5.41) is 0. The van der Waals surface area contributed by atoms with Gasteiger partial charge in [-0.1, -0.05) is 251 Å². The van der Waals surface area contributed by atoms with E-state index in [-0.39, 0.29) is 31.1 Å². The van der Waals surface area contributed by atoms with Gasteiger partial charge in [-0.05, 0) is 70.6 Å². The Labute approximate surface area is 404 Å². The number of hydrogen-bond acceptors (Lipinski definition) is 6. The van der Waals surface area contributed by atoms with Crippen LogP contribution >= 0.6 is 0 Å². The van der Waals surface area contributed by atoms with Gasteiger partial charge in [0, 0.05) is 19.3 Å². The Morgan fingerprint density at radius 3 is 0.785 bits per heavy atom. The number of carbonyl (C=O) groups is 3. The summed E-state index contributed by atoms with van der Waals surface area (Å²) in [4.78, 5) is 38.1. The van der Waals surface area contributed by atoms with Crippen LogP contribution in [0.2, 0.25) is 0 Å². The predicted molar refractivity (Wildman–Crippen MR) is 279 cm³/mol. The lowest BCUT2D eigenvalue weighted by Crippen LogP contribution is -2.30. The minimum absolute atomic E-state index is 0.0716. The summed E-state index contributed by atoms with van der Waals surface area (Å²) < 4.78 is 16.9. The summed E-state index contributed by atoms with van der Waals surface area (Å²) in [6.45, 7) is 6.65. The molecule has 0 fully saturated rings. The van der Waals surface area contributed by atoms with Crippen molar-refractivity contribution in [3.63, 3.8) is 0 Å². The van der Waals surface area contributed by atoms with E-state index in [1.165, 1.54) is 212 Å². The summed E-state index contributed by atoms with van der Waals surface area (Å²) >= 11 is 0. The van der Waals surface area contributed by atoms with Crippen molar-refractivity contribution in [3.05, 3.63) is 24.3 Å². The molecular weight excluding hydrogens is 805 g/mol. The summed E-state index contributed by atoms with van der Waals surface area (Å²) in [5.74, 6) is -0.866. The van der Waals surface area contributed by atoms with E-state index in [1.54, 1.807) is 0 Å². The average Bonchev–Trinajstić information content (AvgIpc) is 3.30. The maximum absolute atomic E-state index is 12.8. The highest BCUT2D eigenvalue weighted by Gasteiger charge is 2.19. The fourth-order valence-electron chi connectivity index (χ4n) is 8.55. The van der Waals surface area contributed by atoms with E-state index in [1.807, 2.05) is 0 Å². The highest BCUT2D eigenvalue weighted by atomic mass is 16.6. The molecule has 0 aromatic rings. The van der Waals surface area contributed by atoms with Gasteiger partial charge in [0.1, 0.15) is 13.2 Å². The Kier molecular flexibility index (Phi) is 52.7. The van der Waals surface area contributed by atoms with Crippen molar-refractivity contribution in [2.24, 2.45) is 0 Å². The number of ether oxygens (including phenoxy) is 3. The second-order valence-electron chi connectivity index (χ2n) is 19.6. The van der Waals surface area contributed by atoms with Crippen molar-refractivity contribution in [2.75, 3.05) is 13.2 Å². The first-order valence-electron chi connectivity index (χ1n) is 28.8. The van der Waals surface area contributed by atoms with Gasteiger partial charge in [-0.25, -0.2) is 0 Å². The molecule has 0 spiro atoms. The molecule has 0 saturated heterocycles. The van der Waals surface area contributed by atoms with Crippen LogP contribution in [0.15, 0.2) is 24.3 Å². The Balaban J connectivity index is 4.30. The zero-order chi connectivity index (χ0) is 47.2. The smallest absolute Gasteiger partial charge is 0.306 e. The van der Waals surface area contributed by atoms with E-state index < -0.39 is 6.10 Å². The minimum atomic E-state index is -0.773. The second kappa shape index (κ2) is 54.5. The number of carbonyl (C=O) groups excluding carboxylic acids is 3. The molecule has 1 atom stereocenters. The van der Waals surface area contributed by atoms with E-state index in [0.717, 1.165) is 64.2 Å². The maximum atomic E-state index is 12.8. The second-order valence-corrected chi connectivity index (χ2v) is 19.6. The molecule has 0 aliphatic heterocycles. The molecule has 0 radical (unpaired) electrons. The van der Waals surface area contributed by atoms with Crippen molar-refractivity contribution in [3.8, 4) is 0 Å². The van der Waals surface area contributed by atoms with Crippen LogP contribution in [-0.2, 0) is 28.6 Å². The molecule has 0 heterocycles. The summed E-state index contributed by atoms with van der Waals surface area (Å²) in [6.07, 6.45) is 63.1. The van der Waals surface area contributed by atoms with Gasteiger partial charge in [-0.2, -0.15) is 0 Å². The van der Waals surface area contributed by atoms with Gasteiger partial charge in [-0.3, -0.25) is 14.4 Å². The Morgan fingerprint density at radius 1 is 0.292 bits per heavy atom. The normalized spacial score (nSPS) is 12.1. The van der Waals surface area contributed by atoms with Crippen LogP contribution in [0.4, 0.5) is 0 Å². The number of hydrogen-bond donors (Lipinski definition) is 0. The molecular formula is C59H110O6. The molecule has 6 nitrogen and oxygen atoms in total. The van der Waals surface area contributed by atoms with Crippen molar-refractivity contribution < 1.29 is 28.6 Å². The van der Waals surface area contributed by atoms with Crippen molar-refractivity contribution in [1.82, 2.24) is 0 Å². The lowest BCUT2D eigenvalue weighted by molar-refractivity contribution is -0.167. The predicted octanol–water partition coefficient (Wildman–Crippen LogP) is 19.1. The van der Waals surface area contributed by atoms with E-state index in [9.17, 15) is 14.4 Å². The molecule has 0 aromatic heterocycles. The summed E-state index contributed by atoms with van der Waals surface area (Å²) in [6, 6.07) is 0. The molecule has 0 aromatic carbocycles. The van der Waals surface area contributed by atoms with E-state index in [0.29, 0.717) is 19.3 Å². The van der Waals surface area contributed by atoms with E-state index in [4.69, 9.17) is 14.2 Å². The zero-order valence-corrected chi connectivity index (χ0v) is 43.8. The van der Waals surface area contributed by atoms with Gasteiger partial charge in [-0.15, -0.1) is 0 Å². The first kappa shape index (κ1) is 62.9. The van der Waals surface area contributed by atoms with E-state index in [2.05, 4.69) is 45.1 Å². The van der Waals surface area contributed by atoms with Crippen LogP contribution in [0.5, 0.6) is 0 Å². The Hall–Kier alpha value is -2.11. The Bertz CT molecular complexity index is 1050. The third kappa shape index (κ3) is 52.7. The molecule has 0 unspecified atom stereocenters. The average molecular weight is 916 g/mol. The molecule has 382 valence electrons. The van der Waals surface area contributed by atoms with Gasteiger partial charge in [0.2, 0.25) is 0 Å². The van der Waals surface area contributed by atoms with E-state index >= 15 is 0 Å². The van der Waals surface area contributed by atoms with Crippen LogP contribution in [0.25, 0.3) is 0 Å².